The highest BCUT2D eigenvalue weighted by Crippen LogP contribution is 2.70. The molecule has 1 aliphatic heterocycles. The fourth-order valence-electron chi connectivity index (χ4n) is 7.41. The minimum atomic E-state index is -1.09. The molecule has 2 aromatic rings. The molecule has 3 aliphatic carbocycles. The van der Waals surface area contributed by atoms with Gasteiger partial charge in [-0.05, 0) is 55.0 Å². The van der Waals surface area contributed by atoms with Gasteiger partial charge in [-0.15, -0.1) is 0 Å². The van der Waals surface area contributed by atoms with Gasteiger partial charge in [-0.3, -0.25) is 14.9 Å². The second-order valence-corrected chi connectivity index (χ2v) is 11.3. The van der Waals surface area contributed by atoms with Crippen LogP contribution in [0.2, 0.25) is 5.02 Å². The number of amides is 1. The summed E-state index contributed by atoms with van der Waals surface area (Å²) in [6.45, 7) is 1.97. The molecule has 3 fully saturated rings. The van der Waals surface area contributed by atoms with E-state index >= 15 is 0 Å². The van der Waals surface area contributed by atoms with Crippen molar-refractivity contribution >= 4 is 35.1 Å². The van der Waals surface area contributed by atoms with Crippen LogP contribution in [0.4, 0.5) is 14.9 Å². The predicted octanol–water partition coefficient (Wildman–Crippen LogP) is 5.83. The zero-order valence-corrected chi connectivity index (χ0v) is 21.6. The van der Waals surface area contributed by atoms with Crippen LogP contribution in [-0.4, -0.2) is 31.1 Å². The number of Topliss-reactive ketones (excluding diaryl/α,β-unsaturated/α-hetero) is 1. The number of benzene rings is 1. The standard InChI is InChI=1S/C28H27ClFNO7/c1-27-11-21(14-6-8-36-13-14)37-25(33)16(27)5-7-28-12-22(35-2)17(28)10-20(23(32)24(27)28)38-26(34)31-19-4-3-15(29)9-18(19)30/h3-4,6,8-9,12-13,16-17,20-21,24H,5,7,10-11H2,1-2H3,(H,31,34)/t16-,17-,20-,21-,24+,27-,28+/m0/s1. The highest BCUT2D eigenvalue weighted by atomic mass is 35.5. The van der Waals surface area contributed by atoms with Gasteiger partial charge in [-0.1, -0.05) is 18.5 Å². The quantitative estimate of drug-likeness (QED) is 0.484. The molecule has 1 amide bonds. The number of fused-ring (bicyclic) bond motifs is 2. The number of carbonyl (C=O) groups is 3. The molecule has 1 N–H and O–H groups in total. The number of hydrogen-bond acceptors (Lipinski definition) is 7. The molecule has 6 rings (SSSR count). The lowest BCUT2D eigenvalue weighted by Gasteiger charge is -2.64. The van der Waals surface area contributed by atoms with Crippen LogP contribution in [0.15, 0.2) is 53.0 Å². The first-order chi connectivity index (χ1) is 18.2. The Morgan fingerprint density at radius 3 is 2.76 bits per heavy atom. The van der Waals surface area contributed by atoms with E-state index in [0.29, 0.717) is 19.3 Å². The highest BCUT2D eigenvalue weighted by molar-refractivity contribution is 6.30. The highest BCUT2D eigenvalue weighted by Gasteiger charge is 2.70. The molecular weight excluding hydrogens is 517 g/mol. The largest absolute Gasteiger partial charge is 0.501 e. The van der Waals surface area contributed by atoms with Crippen molar-refractivity contribution < 1.29 is 37.4 Å². The fourth-order valence-corrected chi connectivity index (χ4v) is 7.57. The van der Waals surface area contributed by atoms with Crippen molar-refractivity contribution in [1.82, 2.24) is 0 Å². The first-order valence-electron chi connectivity index (χ1n) is 12.6. The number of cyclic esters (lactones) is 1. The summed E-state index contributed by atoms with van der Waals surface area (Å²) < 4.78 is 36.5. The Kier molecular flexibility index (Phi) is 5.83. The summed E-state index contributed by atoms with van der Waals surface area (Å²) in [7, 11) is 1.58. The van der Waals surface area contributed by atoms with E-state index in [1.807, 2.05) is 13.0 Å². The molecule has 0 radical (unpaired) electrons. The normalized spacial score (nSPS) is 35.5. The van der Waals surface area contributed by atoms with E-state index in [2.05, 4.69) is 5.32 Å². The fraction of sp³-hybridized carbons (Fsp3) is 0.464. The number of allylic oxidation sites excluding steroid dienone is 2. The number of esters is 1. The molecule has 200 valence electrons. The number of anilines is 1. The Morgan fingerprint density at radius 1 is 1.24 bits per heavy atom. The molecule has 2 saturated carbocycles. The second-order valence-electron chi connectivity index (χ2n) is 10.9. The van der Waals surface area contributed by atoms with Gasteiger partial charge in [0.1, 0.15) is 11.9 Å². The monoisotopic (exact) mass is 543 g/mol. The van der Waals surface area contributed by atoms with Gasteiger partial charge >= 0.3 is 12.1 Å². The van der Waals surface area contributed by atoms with E-state index in [0.717, 1.165) is 17.4 Å². The van der Waals surface area contributed by atoms with Crippen LogP contribution >= 0.6 is 11.6 Å². The van der Waals surface area contributed by atoms with E-state index in [9.17, 15) is 18.8 Å². The van der Waals surface area contributed by atoms with Crippen molar-refractivity contribution in [3.05, 3.63) is 65.0 Å². The van der Waals surface area contributed by atoms with Gasteiger partial charge in [0.2, 0.25) is 0 Å². The molecule has 1 aromatic heterocycles. The van der Waals surface area contributed by atoms with Crippen molar-refractivity contribution in [2.45, 2.75) is 44.8 Å². The molecule has 10 heteroatoms. The number of carbonyl (C=O) groups excluding carboxylic acids is 3. The molecule has 8 nitrogen and oxygen atoms in total. The number of ketones is 1. The van der Waals surface area contributed by atoms with Gasteiger partial charge in [0.25, 0.3) is 0 Å². The molecule has 1 aromatic carbocycles. The van der Waals surface area contributed by atoms with Gasteiger partial charge in [0, 0.05) is 34.3 Å². The Hall–Kier alpha value is -3.33. The Bertz CT molecular complexity index is 1340. The van der Waals surface area contributed by atoms with Crippen LogP contribution < -0.4 is 5.32 Å². The maximum absolute atomic E-state index is 14.2. The summed E-state index contributed by atoms with van der Waals surface area (Å²) >= 11 is 5.79. The number of halogens is 2. The minimum absolute atomic E-state index is 0.110. The number of nitrogens with one attached hydrogen (secondary N) is 1. The third kappa shape index (κ3) is 3.66. The molecule has 1 spiro atoms. The zero-order valence-electron chi connectivity index (χ0n) is 20.9. The number of hydrogen-bond donors (Lipinski definition) is 1. The SMILES string of the molecule is COC1=C[C@@]23CC[C@H]4C(=O)O[C@H](c5ccoc5)C[C@]4(C)[C@H]2C(=O)[C@@H](OC(=O)Nc2ccc(Cl)cc2F)C[C@@H]13. The maximum Gasteiger partial charge on any atom is 0.412 e. The Balaban J connectivity index is 1.32. The first-order valence-corrected chi connectivity index (χ1v) is 13.0. The second kappa shape index (κ2) is 8.86. The maximum atomic E-state index is 14.2. The smallest absolute Gasteiger partial charge is 0.412 e. The molecule has 0 bridgehead atoms. The summed E-state index contributed by atoms with van der Waals surface area (Å²) in [5.74, 6) is -1.78. The number of methoxy groups -OCH3 is 1. The number of rotatable bonds is 4. The van der Waals surface area contributed by atoms with Crippen molar-refractivity contribution in [2.24, 2.45) is 28.6 Å². The van der Waals surface area contributed by atoms with Crippen molar-refractivity contribution in [3.8, 4) is 0 Å². The Morgan fingerprint density at radius 2 is 2.05 bits per heavy atom. The molecule has 7 atom stereocenters. The molecule has 4 aliphatic rings. The van der Waals surface area contributed by atoms with Crippen molar-refractivity contribution in [2.75, 3.05) is 12.4 Å². The van der Waals surface area contributed by atoms with Gasteiger partial charge in [-0.2, -0.15) is 0 Å². The topological polar surface area (TPSA) is 104 Å². The number of furan rings is 1. The lowest BCUT2D eigenvalue weighted by molar-refractivity contribution is -0.205. The van der Waals surface area contributed by atoms with Gasteiger partial charge in [-0.25, -0.2) is 9.18 Å². The van der Waals surface area contributed by atoms with E-state index < -0.39 is 46.8 Å². The Labute approximate surface area is 223 Å². The number of ether oxygens (including phenoxy) is 3. The first kappa shape index (κ1) is 25.0. The van der Waals surface area contributed by atoms with Crippen LogP contribution in [0.1, 0.15) is 44.3 Å². The molecule has 0 unspecified atom stereocenters. The lowest BCUT2D eigenvalue weighted by atomic mass is 9.39. The average molecular weight is 544 g/mol. The van der Waals surface area contributed by atoms with E-state index in [1.165, 1.54) is 18.4 Å². The molecule has 1 saturated heterocycles. The van der Waals surface area contributed by atoms with Crippen LogP contribution in [0.3, 0.4) is 0 Å². The summed E-state index contributed by atoms with van der Waals surface area (Å²) in [6.07, 6.45) is 4.40. The zero-order chi connectivity index (χ0) is 26.8. The molecule has 38 heavy (non-hydrogen) atoms. The van der Waals surface area contributed by atoms with E-state index in [1.54, 1.807) is 19.4 Å². The van der Waals surface area contributed by atoms with Crippen molar-refractivity contribution in [3.63, 3.8) is 0 Å². The molecule has 2 heterocycles. The minimum Gasteiger partial charge on any atom is -0.501 e. The predicted molar refractivity (Wildman–Crippen MR) is 132 cm³/mol. The lowest BCUT2D eigenvalue weighted by Crippen LogP contribution is -2.66. The van der Waals surface area contributed by atoms with E-state index in [4.69, 9.17) is 30.2 Å². The van der Waals surface area contributed by atoms with Gasteiger partial charge in [0.15, 0.2) is 11.9 Å². The van der Waals surface area contributed by atoms with Crippen molar-refractivity contribution in [1.29, 1.82) is 0 Å². The van der Waals surface area contributed by atoms with Gasteiger partial charge in [0.05, 0.1) is 37.0 Å². The summed E-state index contributed by atoms with van der Waals surface area (Å²) in [5.41, 5.74) is -0.621. The van der Waals surface area contributed by atoms with Crippen LogP contribution in [0.25, 0.3) is 0 Å². The third-order valence-electron chi connectivity index (χ3n) is 9.05. The summed E-state index contributed by atoms with van der Waals surface area (Å²) in [5, 5.41) is 2.55. The third-order valence-corrected chi connectivity index (χ3v) is 9.28. The summed E-state index contributed by atoms with van der Waals surface area (Å²) in [4.78, 5) is 40.2. The van der Waals surface area contributed by atoms with Crippen LogP contribution in [0, 0.1) is 34.4 Å². The molecular formula is C28H27ClFNO7. The van der Waals surface area contributed by atoms with E-state index in [-0.39, 0.29) is 34.8 Å². The average Bonchev–Trinajstić information content (AvgIpc) is 3.40. The van der Waals surface area contributed by atoms with Crippen LogP contribution in [0.5, 0.6) is 0 Å². The van der Waals surface area contributed by atoms with Crippen LogP contribution in [-0.2, 0) is 23.8 Å². The van der Waals surface area contributed by atoms with Gasteiger partial charge < -0.3 is 18.6 Å². The summed E-state index contributed by atoms with van der Waals surface area (Å²) in [6, 6.07) is 5.58.